The average Bonchev–Trinajstić information content (AvgIpc) is 3.32. The van der Waals surface area contributed by atoms with Crippen LogP contribution in [0.3, 0.4) is 0 Å². The molecule has 0 bridgehead atoms. The van der Waals surface area contributed by atoms with E-state index in [1.807, 2.05) is 12.1 Å². The lowest BCUT2D eigenvalue weighted by Gasteiger charge is -2.22. The van der Waals surface area contributed by atoms with E-state index in [1.54, 1.807) is 18.2 Å². The van der Waals surface area contributed by atoms with Crippen molar-refractivity contribution < 1.29 is 0 Å². The second kappa shape index (κ2) is 9.33. The molecule has 3 heterocycles. The van der Waals surface area contributed by atoms with Gasteiger partial charge < -0.3 is 20.9 Å². The van der Waals surface area contributed by atoms with Gasteiger partial charge in [-0.15, -0.1) is 0 Å². The summed E-state index contributed by atoms with van der Waals surface area (Å²) in [5.74, 6) is 0.409. The molecule has 11 heteroatoms. The molecule has 2 aromatic heterocycles. The number of halogens is 2. The van der Waals surface area contributed by atoms with Crippen molar-refractivity contribution in [2.24, 2.45) is 0 Å². The summed E-state index contributed by atoms with van der Waals surface area (Å²) >= 11 is 12.5. The normalized spacial score (nSPS) is 15.8. The van der Waals surface area contributed by atoms with Gasteiger partial charge in [0.1, 0.15) is 5.82 Å². The number of nitrogens with two attached hydrogens (primary N) is 1. The summed E-state index contributed by atoms with van der Waals surface area (Å²) in [5, 5.41) is 4.13. The van der Waals surface area contributed by atoms with Crippen LogP contribution in [0.5, 0.6) is 0 Å². The van der Waals surface area contributed by atoms with Gasteiger partial charge in [0.2, 0.25) is 5.95 Å². The Morgan fingerprint density at radius 2 is 1.80 bits per heavy atom. The molecule has 0 amide bonds. The van der Waals surface area contributed by atoms with Gasteiger partial charge in [-0.05, 0) is 56.9 Å². The highest BCUT2D eigenvalue weighted by Crippen LogP contribution is 2.31. The van der Waals surface area contributed by atoms with E-state index in [0.29, 0.717) is 17.4 Å². The Morgan fingerprint density at radius 3 is 2.46 bits per heavy atom. The molecule has 1 atom stereocenters. The first-order valence-electron chi connectivity index (χ1n) is 11.1. The van der Waals surface area contributed by atoms with Gasteiger partial charge in [0.25, 0.3) is 0 Å². The van der Waals surface area contributed by atoms with Crippen LogP contribution >= 0.6 is 23.2 Å². The Morgan fingerprint density at radius 1 is 1.09 bits per heavy atom. The topological polar surface area (TPSA) is 105 Å². The number of fused-ring (bicyclic) bond motifs is 1. The van der Waals surface area contributed by atoms with Gasteiger partial charge in [-0.2, -0.15) is 9.97 Å². The van der Waals surface area contributed by atoms with Gasteiger partial charge in [-0.3, -0.25) is 0 Å². The average molecular weight is 511 g/mol. The number of aromatic nitrogens is 4. The van der Waals surface area contributed by atoms with Crippen LogP contribution in [0.4, 0.5) is 23.1 Å². The van der Waals surface area contributed by atoms with Crippen molar-refractivity contribution >= 4 is 57.4 Å². The molecule has 9 nitrogen and oxygen atoms in total. The third-order valence-corrected chi connectivity index (χ3v) is 6.83. The van der Waals surface area contributed by atoms with Crippen LogP contribution in [0, 0.1) is 0 Å². The Hall–Kier alpha value is -3.40. The maximum absolute atomic E-state index is 12.8. The Bertz CT molecular complexity index is 1430. The maximum Gasteiger partial charge on any atom is 0.355 e. The molecule has 1 aliphatic rings. The molecule has 0 aliphatic carbocycles. The number of rotatable bonds is 5. The summed E-state index contributed by atoms with van der Waals surface area (Å²) in [6, 6.07) is 13.6. The van der Waals surface area contributed by atoms with Gasteiger partial charge in [0.15, 0.2) is 5.65 Å². The molecule has 4 aromatic rings. The Labute approximate surface area is 212 Å². The number of hydrogen-bond acceptors (Lipinski definition) is 8. The number of nitrogens with zero attached hydrogens (tertiary/aromatic N) is 6. The minimum atomic E-state index is -0.638. The molecule has 3 N–H and O–H groups in total. The molecular weight excluding hydrogens is 487 g/mol. The van der Waals surface area contributed by atoms with Crippen LogP contribution in [0.15, 0.2) is 53.5 Å². The second-order valence-corrected chi connectivity index (χ2v) is 9.45. The van der Waals surface area contributed by atoms with Crippen LogP contribution in [0.2, 0.25) is 10.0 Å². The van der Waals surface area contributed by atoms with Crippen LogP contribution < -0.4 is 21.6 Å². The lowest BCUT2D eigenvalue weighted by molar-refractivity contribution is 0.315. The van der Waals surface area contributed by atoms with Crippen LogP contribution in [0.1, 0.15) is 6.42 Å². The van der Waals surface area contributed by atoms with Crippen molar-refractivity contribution in [1.29, 1.82) is 0 Å². The Balaban J connectivity index is 1.40. The van der Waals surface area contributed by atoms with Crippen molar-refractivity contribution in [3.63, 3.8) is 0 Å². The van der Waals surface area contributed by atoms with Crippen molar-refractivity contribution in [2.75, 3.05) is 43.1 Å². The number of benzene rings is 2. The Kier molecular flexibility index (Phi) is 6.22. The van der Waals surface area contributed by atoms with Gasteiger partial charge >= 0.3 is 5.69 Å². The first kappa shape index (κ1) is 23.3. The smallest absolute Gasteiger partial charge is 0.355 e. The first-order chi connectivity index (χ1) is 16.8. The predicted molar refractivity (Wildman–Crippen MR) is 141 cm³/mol. The largest absolute Gasteiger partial charge is 0.384 e. The summed E-state index contributed by atoms with van der Waals surface area (Å²) in [6.45, 7) is 2.05. The third-order valence-electron chi connectivity index (χ3n) is 6.22. The number of nitrogens with one attached hydrogen (secondary N) is 1. The van der Waals surface area contributed by atoms with Crippen molar-refractivity contribution in [3.8, 4) is 5.69 Å². The van der Waals surface area contributed by atoms with E-state index in [9.17, 15) is 4.79 Å². The van der Waals surface area contributed by atoms with Crippen molar-refractivity contribution in [3.05, 3.63) is 69.2 Å². The predicted octanol–water partition coefficient (Wildman–Crippen LogP) is 3.95. The van der Waals surface area contributed by atoms with Crippen molar-refractivity contribution in [1.82, 2.24) is 24.4 Å². The lowest BCUT2D eigenvalue weighted by atomic mass is 10.2. The van der Waals surface area contributed by atoms with Crippen LogP contribution in [0.25, 0.3) is 16.7 Å². The van der Waals surface area contributed by atoms with Gasteiger partial charge in [0.05, 0.1) is 21.1 Å². The lowest BCUT2D eigenvalue weighted by Crippen LogP contribution is -2.31. The zero-order chi connectivity index (χ0) is 24.7. The number of likely N-dealkylation sites (N-methyl/N-ethyl adjacent to an activating group) is 1. The number of nitrogen functional groups attached to an aromatic ring is 1. The van der Waals surface area contributed by atoms with E-state index in [-0.39, 0.29) is 27.2 Å². The fourth-order valence-corrected chi connectivity index (χ4v) is 4.83. The maximum atomic E-state index is 12.8. The highest BCUT2D eigenvalue weighted by molar-refractivity contribution is 6.37. The summed E-state index contributed by atoms with van der Waals surface area (Å²) in [5.41, 5.74) is 8.09. The van der Waals surface area contributed by atoms with E-state index in [0.717, 1.165) is 25.2 Å². The minimum Gasteiger partial charge on any atom is -0.384 e. The highest BCUT2D eigenvalue weighted by Gasteiger charge is 2.24. The molecule has 1 aliphatic heterocycles. The van der Waals surface area contributed by atoms with Gasteiger partial charge in [-0.25, -0.2) is 14.3 Å². The summed E-state index contributed by atoms with van der Waals surface area (Å²) < 4.78 is 1.17. The van der Waals surface area contributed by atoms with E-state index in [1.165, 1.54) is 16.5 Å². The molecule has 1 saturated heterocycles. The number of para-hydroxylation sites is 1. The van der Waals surface area contributed by atoms with E-state index < -0.39 is 5.69 Å². The molecule has 180 valence electrons. The fourth-order valence-electron chi connectivity index (χ4n) is 4.26. The minimum absolute atomic E-state index is 0.104. The molecular formula is C24H24Cl2N8O. The number of hydrogen-bond donors (Lipinski definition) is 2. The SMILES string of the molecule is CN(C)C1CCN(c2ccc(Nc3ncc4c(N)n(-c5c(Cl)cccc5Cl)c(=O)nc4n3)cc2)C1. The van der Waals surface area contributed by atoms with Crippen molar-refractivity contribution in [2.45, 2.75) is 12.5 Å². The summed E-state index contributed by atoms with van der Waals surface area (Å²) in [6.07, 6.45) is 2.67. The quantitative estimate of drug-likeness (QED) is 0.415. The van der Waals surface area contributed by atoms with E-state index in [4.69, 9.17) is 28.9 Å². The van der Waals surface area contributed by atoms with Gasteiger partial charge in [-0.1, -0.05) is 29.3 Å². The molecule has 1 unspecified atom stereocenters. The highest BCUT2D eigenvalue weighted by atomic mass is 35.5. The molecule has 0 radical (unpaired) electrons. The molecule has 5 rings (SSSR count). The monoisotopic (exact) mass is 510 g/mol. The fraction of sp³-hybridized carbons (Fsp3) is 0.250. The zero-order valence-electron chi connectivity index (χ0n) is 19.2. The van der Waals surface area contributed by atoms with E-state index in [2.05, 4.69) is 56.3 Å². The second-order valence-electron chi connectivity index (χ2n) is 8.64. The molecule has 0 spiro atoms. The zero-order valence-corrected chi connectivity index (χ0v) is 20.8. The summed E-state index contributed by atoms with van der Waals surface area (Å²) in [7, 11) is 4.24. The first-order valence-corrected chi connectivity index (χ1v) is 11.9. The van der Waals surface area contributed by atoms with Crippen LogP contribution in [-0.2, 0) is 0 Å². The molecule has 2 aromatic carbocycles. The standard InChI is InChI=1S/C24H24Cl2N8O/c1-32(2)16-10-11-33(13-16)15-8-6-14(7-9-15)29-23-28-12-17-21(27)34(24(35)31-22(17)30-23)20-18(25)4-3-5-19(20)26/h3-9,12,16H,10-11,13,27H2,1-2H3,(H,29,30,31,35). The molecule has 35 heavy (non-hydrogen) atoms. The van der Waals surface area contributed by atoms with E-state index >= 15 is 0 Å². The molecule has 0 saturated carbocycles. The number of anilines is 4. The van der Waals surface area contributed by atoms with Gasteiger partial charge in [0, 0.05) is 36.7 Å². The van der Waals surface area contributed by atoms with Crippen LogP contribution in [-0.4, -0.2) is 57.6 Å². The molecule has 1 fully saturated rings. The summed E-state index contributed by atoms with van der Waals surface area (Å²) in [4.78, 5) is 30.3. The third kappa shape index (κ3) is 4.50.